The largest absolute Gasteiger partial charge is 0.494 e. The van der Waals surface area contributed by atoms with E-state index in [-0.39, 0.29) is 11.3 Å². The monoisotopic (exact) mass is 459 g/mol. The van der Waals surface area contributed by atoms with Gasteiger partial charge in [0.1, 0.15) is 5.75 Å². The minimum Gasteiger partial charge on any atom is -0.494 e. The standard InChI is InChI=1S/C27H41NO5/c1-5-8-11-12-13-14-17-28-24-20-22(31-18-9-6-2)15-16-23(24)25(32-19-10-7-3)26(27(28)30)33-21(4)29/h15-16,20H,5-14,17-19H2,1-4H3. The van der Waals surface area contributed by atoms with Gasteiger partial charge >= 0.3 is 5.97 Å². The predicted molar refractivity (Wildman–Crippen MR) is 134 cm³/mol. The van der Waals surface area contributed by atoms with E-state index in [2.05, 4.69) is 20.8 Å². The van der Waals surface area contributed by atoms with E-state index in [4.69, 9.17) is 14.2 Å². The van der Waals surface area contributed by atoms with Crippen LogP contribution in [-0.2, 0) is 11.3 Å². The first-order valence-electron chi connectivity index (χ1n) is 12.7. The Labute approximate surface area is 198 Å². The summed E-state index contributed by atoms with van der Waals surface area (Å²) in [5, 5.41) is 0.760. The smallest absolute Gasteiger partial charge is 0.308 e. The van der Waals surface area contributed by atoms with Gasteiger partial charge in [-0.3, -0.25) is 9.59 Å². The van der Waals surface area contributed by atoms with Crippen molar-refractivity contribution in [3.8, 4) is 17.2 Å². The van der Waals surface area contributed by atoms with Gasteiger partial charge in [0.25, 0.3) is 5.56 Å². The molecule has 1 aromatic carbocycles. The average Bonchev–Trinajstić information content (AvgIpc) is 2.80. The number of ether oxygens (including phenoxy) is 3. The molecule has 2 rings (SSSR count). The maximum absolute atomic E-state index is 13.5. The minimum atomic E-state index is -0.530. The first-order chi connectivity index (χ1) is 16.0. The molecule has 0 aliphatic carbocycles. The minimum absolute atomic E-state index is 0.0169. The summed E-state index contributed by atoms with van der Waals surface area (Å²) in [7, 11) is 0. The lowest BCUT2D eigenvalue weighted by Crippen LogP contribution is -2.25. The molecule has 0 saturated carbocycles. The number of unbranched alkanes of at least 4 members (excludes halogenated alkanes) is 7. The van der Waals surface area contributed by atoms with Crippen molar-refractivity contribution in [1.29, 1.82) is 0 Å². The molecule has 0 atom stereocenters. The molecule has 0 radical (unpaired) electrons. The maximum atomic E-state index is 13.5. The van der Waals surface area contributed by atoms with Crippen LogP contribution in [0.3, 0.4) is 0 Å². The van der Waals surface area contributed by atoms with Crippen LogP contribution in [0.2, 0.25) is 0 Å². The molecule has 184 valence electrons. The molecule has 0 bridgehead atoms. The fraction of sp³-hybridized carbons (Fsp3) is 0.630. The van der Waals surface area contributed by atoms with Crippen molar-refractivity contribution in [3.05, 3.63) is 28.6 Å². The van der Waals surface area contributed by atoms with Gasteiger partial charge in [0.05, 0.1) is 18.7 Å². The number of aryl methyl sites for hydroxylation is 1. The molecule has 0 saturated heterocycles. The molecule has 0 aliphatic rings. The van der Waals surface area contributed by atoms with Crippen molar-refractivity contribution in [2.24, 2.45) is 0 Å². The summed E-state index contributed by atoms with van der Waals surface area (Å²) >= 11 is 0. The van der Waals surface area contributed by atoms with Crippen LogP contribution in [-0.4, -0.2) is 23.8 Å². The van der Waals surface area contributed by atoms with E-state index in [9.17, 15) is 9.59 Å². The Kier molecular flexibility index (Phi) is 11.8. The first kappa shape index (κ1) is 26.7. The van der Waals surface area contributed by atoms with E-state index in [1.807, 2.05) is 18.2 Å². The summed E-state index contributed by atoms with van der Waals surface area (Å²) in [6, 6.07) is 5.71. The number of nitrogens with zero attached hydrogens (tertiary/aromatic N) is 1. The lowest BCUT2D eigenvalue weighted by Gasteiger charge is -2.18. The third-order valence-electron chi connectivity index (χ3n) is 5.64. The summed E-state index contributed by atoms with van der Waals surface area (Å²) < 4.78 is 19.0. The Bertz CT molecular complexity index is 934. The van der Waals surface area contributed by atoms with Crippen molar-refractivity contribution >= 4 is 16.9 Å². The van der Waals surface area contributed by atoms with E-state index in [1.165, 1.54) is 26.2 Å². The first-order valence-corrected chi connectivity index (χ1v) is 12.7. The highest BCUT2D eigenvalue weighted by molar-refractivity contribution is 5.90. The second-order valence-electron chi connectivity index (χ2n) is 8.56. The molecular weight excluding hydrogens is 418 g/mol. The van der Waals surface area contributed by atoms with Crippen LogP contribution < -0.4 is 19.8 Å². The number of fused-ring (bicyclic) bond motifs is 1. The lowest BCUT2D eigenvalue weighted by molar-refractivity contribution is -0.132. The van der Waals surface area contributed by atoms with Gasteiger partial charge in [0.2, 0.25) is 5.75 Å². The Hall–Kier alpha value is -2.50. The van der Waals surface area contributed by atoms with Crippen molar-refractivity contribution in [2.75, 3.05) is 13.2 Å². The van der Waals surface area contributed by atoms with Crippen LogP contribution in [0.4, 0.5) is 0 Å². The highest BCUT2D eigenvalue weighted by Gasteiger charge is 2.21. The van der Waals surface area contributed by atoms with Crippen LogP contribution in [0.15, 0.2) is 23.0 Å². The lowest BCUT2D eigenvalue weighted by atomic mass is 10.1. The van der Waals surface area contributed by atoms with Crippen molar-refractivity contribution in [2.45, 2.75) is 98.4 Å². The Morgan fingerprint density at radius 2 is 1.45 bits per heavy atom. The zero-order valence-corrected chi connectivity index (χ0v) is 20.9. The predicted octanol–water partition coefficient (Wildman–Crippen LogP) is 6.65. The maximum Gasteiger partial charge on any atom is 0.308 e. The van der Waals surface area contributed by atoms with Crippen LogP contribution >= 0.6 is 0 Å². The van der Waals surface area contributed by atoms with Gasteiger partial charge in [0.15, 0.2) is 5.75 Å². The molecule has 0 aliphatic heterocycles. The van der Waals surface area contributed by atoms with E-state index < -0.39 is 5.97 Å². The normalized spacial score (nSPS) is 11.0. The molecule has 33 heavy (non-hydrogen) atoms. The molecule has 6 heteroatoms. The van der Waals surface area contributed by atoms with Gasteiger partial charge in [-0.25, -0.2) is 0 Å². The van der Waals surface area contributed by atoms with Crippen LogP contribution in [0.1, 0.15) is 91.9 Å². The summed E-state index contributed by atoms with van der Waals surface area (Å²) in [6.07, 6.45) is 10.6. The second kappa shape index (κ2) is 14.6. The third-order valence-corrected chi connectivity index (χ3v) is 5.64. The molecule has 0 amide bonds. The molecule has 0 fully saturated rings. The molecule has 0 unspecified atom stereocenters. The quantitative estimate of drug-likeness (QED) is 0.208. The zero-order chi connectivity index (χ0) is 24.1. The van der Waals surface area contributed by atoms with Gasteiger partial charge in [-0.1, -0.05) is 65.7 Å². The number of carbonyl (C=O) groups is 1. The number of benzene rings is 1. The Balaban J connectivity index is 2.48. The van der Waals surface area contributed by atoms with Gasteiger partial charge in [-0.05, 0) is 31.4 Å². The van der Waals surface area contributed by atoms with E-state index >= 15 is 0 Å². The van der Waals surface area contributed by atoms with Gasteiger partial charge < -0.3 is 18.8 Å². The molecule has 0 N–H and O–H groups in total. The number of pyridine rings is 1. The third kappa shape index (κ3) is 8.09. The average molecular weight is 460 g/mol. The van der Waals surface area contributed by atoms with Crippen LogP contribution in [0, 0.1) is 0 Å². The summed E-state index contributed by atoms with van der Waals surface area (Å²) in [6.45, 7) is 9.36. The summed E-state index contributed by atoms with van der Waals surface area (Å²) in [5.41, 5.74) is 0.424. The topological polar surface area (TPSA) is 66.8 Å². The molecule has 6 nitrogen and oxygen atoms in total. The highest BCUT2D eigenvalue weighted by Crippen LogP contribution is 2.35. The molecule has 2 aromatic rings. The molecule has 0 spiro atoms. The van der Waals surface area contributed by atoms with Gasteiger partial charge in [-0.2, -0.15) is 0 Å². The van der Waals surface area contributed by atoms with Crippen LogP contribution in [0.25, 0.3) is 10.9 Å². The van der Waals surface area contributed by atoms with E-state index in [0.717, 1.165) is 61.6 Å². The van der Waals surface area contributed by atoms with Crippen molar-refractivity contribution in [3.63, 3.8) is 0 Å². The van der Waals surface area contributed by atoms with Crippen molar-refractivity contribution < 1.29 is 19.0 Å². The van der Waals surface area contributed by atoms with Crippen LogP contribution in [0.5, 0.6) is 17.2 Å². The number of aromatic nitrogens is 1. The van der Waals surface area contributed by atoms with E-state index in [0.29, 0.717) is 25.5 Å². The molecule has 1 aromatic heterocycles. The Morgan fingerprint density at radius 3 is 2.12 bits per heavy atom. The second-order valence-corrected chi connectivity index (χ2v) is 8.56. The Morgan fingerprint density at radius 1 is 0.818 bits per heavy atom. The van der Waals surface area contributed by atoms with Gasteiger partial charge in [0, 0.05) is 24.9 Å². The SMILES string of the molecule is CCCCCCCCn1c(=O)c(OC(C)=O)c(OCCCC)c2ccc(OCCCC)cc21. The zero-order valence-electron chi connectivity index (χ0n) is 20.9. The van der Waals surface area contributed by atoms with Crippen molar-refractivity contribution in [1.82, 2.24) is 4.57 Å². The highest BCUT2D eigenvalue weighted by atomic mass is 16.6. The summed E-state index contributed by atoms with van der Waals surface area (Å²) in [4.78, 5) is 25.3. The number of carbonyl (C=O) groups excluding carboxylic acids is 1. The molecular formula is C27H41NO5. The fourth-order valence-corrected chi connectivity index (χ4v) is 3.77. The summed E-state index contributed by atoms with van der Waals surface area (Å²) in [5.74, 6) is 0.527. The van der Waals surface area contributed by atoms with E-state index in [1.54, 1.807) is 4.57 Å². The number of hydrogen-bond acceptors (Lipinski definition) is 5. The fourth-order valence-electron chi connectivity index (χ4n) is 3.77. The number of esters is 1. The molecule has 1 heterocycles. The van der Waals surface area contributed by atoms with Gasteiger partial charge in [-0.15, -0.1) is 0 Å². The number of hydrogen-bond donors (Lipinski definition) is 0. The number of rotatable bonds is 16.